The Morgan fingerprint density at radius 1 is 1.16 bits per heavy atom. The van der Waals surface area contributed by atoms with Crippen LogP contribution in [0.3, 0.4) is 0 Å². The fourth-order valence-corrected chi connectivity index (χ4v) is 2.18. The molecule has 25 heavy (non-hydrogen) atoms. The zero-order valence-corrected chi connectivity index (χ0v) is 13.5. The van der Waals surface area contributed by atoms with Gasteiger partial charge in [-0.3, -0.25) is 4.79 Å². The van der Waals surface area contributed by atoms with Crippen molar-refractivity contribution in [2.45, 2.75) is 13.5 Å². The maximum Gasteiger partial charge on any atom is 0.249 e. The van der Waals surface area contributed by atoms with Gasteiger partial charge >= 0.3 is 0 Å². The molecule has 1 aromatic heterocycles. The number of carbonyl (C=O) groups excluding carboxylic acids is 1. The Balaban J connectivity index is 1.68. The number of Topliss-reactive ketones (excluding diaryl/α,β-unsaturated/α-hetero) is 1. The number of ketones is 1. The van der Waals surface area contributed by atoms with Gasteiger partial charge in [0.2, 0.25) is 5.95 Å². The molecule has 0 spiro atoms. The molecule has 0 aliphatic rings. The van der Waals surface area contributed by atoms with E-state index in [2.05, 4.69) is 25.8 Å². The smallest absolute Gasteiger partial charge is 0.249 e. The number of aromatic nitrogens is 3. The van der Waals surface area contributed by atoms with Crippen molar-refractivity contribution >= 4 is 23.2 Å². The van der Waals surface area contributed by atoms with Crippen molar-refractivity contribution < 1.29 is 9.18 Å². The zero-order chi connectivity index (χ0) is 17.6. The van der Waals surface area contributed by atoms with E-state index in [1.165, 1.54) is 25.3 Å². The second-order valence-corrected chi connectivity index (χ2v) is 5.41. The van der Waals surface area contributed by atoms with E-state index in [-0.39, 0.29) is 11.6 Å². The Morgan fingerprint density at radius 2 is 1.96 bits per heavy atom. The predicted molar refractivity (Wildman–Crippen MR) is 93.3 cm³/mol. The molecule has 1 heterocycles. The Morgan fingerprint density at radius 3 is 2.72 bits per heavy atom. The lowest BCUT2D eigenvalue weighted by Gasteiger charge is -2.08. The first-order chi connectivity index (χ1) is 12.1. The fourth-order valence-electron chi connectivity index (χ4n) is 2.18. The van der Waals surface area contributed by atoms with Crippen molar-refractivity contribution in [1.82, 2.24) is 15.2 Å². The van der Waals surface area contributed by atoms with E-state index in [0.29, 0.717) is 29.6 Å². The van der Waals surface area contributed by atoms with Gasteiger partial charge in [0.15, 0.2) is 11.6 Å². The fraction of sp³-hybridized carbons (Fsp3) is 0.111. The number of hydrogen-bond donors (Lipinski definition) is 2. The highest BCUT2D eigenvalue weighted by Crippen LogP contribution is 2.16. The minimum Gasteiger partial charge on any atom is -0.365 e. The van der Waals surface area contributed by atoms with Crippen molar-refractivity contribution in [3.63, 3.8) is 0 Å². The lowest BCUT2D eigenvalue weighted by Crippen LogP contribution is -2.06. The molecule has 2 N–H and O–H groups in total. The van der Waals surface area contributed by atoms with Gasteiger partial charge in [0.1, 0.15) is 5.82 Å². The highest BCUT2D eigenvalue weighted by atomic mass is 19.1. The summed E-state index contributed by atoms with van der Waals surface area (Å²) >= 11 is 0. The molecule has 0 fully saturated rings. The van der Waals surface area contributed by atoms with Crippen LogP contribution in [0.25, 0.3) is 0 Å². The van der Waals surface area contributed by atoms with Crippen LogP contribution in [-0.2, 0) is 6.54 Å². The Hall–Kier alpha value is -3.35. The third-order valence-corrected chi connectivity index (χ3v) is 3.47. The van der Waals surface area contributed by atoms with Gasteiger partial charge < -0.3 is 10.6 Å². The molecule has 0 amide bonds. The van der Waals surface area contributed by atoms with Crippen molar-refractivity contribution in [1.29, 1.82) is 0 Å². The van der Waals surface area contributed by atoms with Crippen LogP contribution in [0.4, 0.5) is 21.8 Å². The quantitative estimate of drug-likeness (QED) is 0.670. The van der Waals surface area contributed by atoms with E-state index in [9.17, 15) is 9.18 Å². The van der Waals surface area contributed by atoms with Crippen LogP contribution < -0.4 is 10.6 Å². The third-order valence-electron chi connectivity index (χ3n) is 3.47. The topological polar surface area (TPSA) is 79.8 Å². The second-order valence-electron chi connectivity index (χ2n) is 5.41. The Kier molecular flexibility index (Phi) is 4.94. The van der Waals surface area contributed by atoms with Crippen LogP contribution in [-0.4, -0.2) is 21.0 Å². The molecule has 0 aliphatic heterocycles. The largest absolute Gasteiger partial charge is 0.365 e. The summed E-state index contributed by atoms with van der Waals surface area (Å²) in [5.41, 5.74) is 2.22. The number of rotatable bonds is 6. The number of nitrogens with zero attached hydrogens (tertiary/aromatic N) is 3. The first-order valence-corrected chi connectivity index (χ1v) is 7.66. The summed E-state index contributed by atoms with van der Waals surface area (Å²) in [6, 6.07) is 13.3. The van der Waals surface area contributed by atoms with E-state index in [0.717, 1.165) is 5.56 Å². The maximum absolute atomic E-state index is 12.9. The molecular formula is C18H16FN5O. The minimum atomic E-state index is -0.272. The number of benzene rings is 2. The molecule has 3 rings (SSSR count). The van der Waals surface area contributed by atoms with Crippen molar-refractivity contribution in [2.75, 3.05) is 10.6 Å². The van der Waals surface area contributed by atoms with Crippen LogP contribution in [0.15, 0.2) is 54.7 Å². The molecule has 0 atom stereocenters. The van der Waals surface area contributed by atoms with Crippen LogP contribution in [0.1, 0.15) is 22.8 Å². The van der Waals surface area contributed by atoms with Gasteiger partial charge in [0, 0.05) is 17.8 Å². The van der Waals surface area contributed by atoms with Crippen LogP contribution >= 0.6 is 0 Å². The third kappa shape index (κ3) is 4.57. The number of nitrogens with one attached hydrogen (secondary N) is 2. The normalized spacial score (nSPS) is 10.3. The number of anilines is 3. The summed E-state index contributed by atoms with van der Waals surface area (Å²) in [6.45, 7) is 2.00. The molecule has 6 nitrogen and oxygen atoms in total. The summed E-state index contributed by atoms with van der Waals surface area (Å²) in [4.78, 5) is 15.8. The van der Waals surface area contributed by atoms with E-state index >= 15 is 0 Å². The molecule has 0 bridgehead atoms. The molecule has 0 radical (unpaired) electrons. The van der Waals surface area contributed by atoms with Gasteiger partial charge in [-0.1, -0.05) is 24.3 Å². The van der Waals surface area contributed by atoms with Crippen LogP contribution in [0.5, 0.6) is 0 Å². The zero-order valence-electron chi connectivity index (χ0n) is 13.5. The molecule has 126 valence electrons. The SMILES string of the molecule is CC(=O)c1cccc(Nc2nncc(NCc3ccc(F)cc3)n2)c1. The number of carbonyl (C=O) groups is 1. The molecule has 0 saturated carbocycles. The maximum atomic E-state index is 12.9. The minimum absolute atomic E-state index is 0.0163. The van der Waals surface area contributed by atoms with E-state index in [1.54, 1.807) is 30.3 Å². The average Bonchev–Trinajstić information content (AvgIpc) is 2.62. The van der Waals surface area contributed by atoms with Gasteiger partial charge in [0.05, 0.1) is 6.20 Å². The molecule has 2 aromatic carbocycles. The molecule has 7 heteroatoms. The highest BCUT2D eigenvalue weighted by Gasteiger charge is 2.04. The van der Waals surface area contributed by atoms with Gasteiger partial charge in [0.25, 0.3) is 0 Å². The summed E-state index contributed by atoms with van der Waals surface area (Å²) < 4.78 is 12.9. The molecule has 3 aromatic rings. The number of hydrogen-bond acceptors (Lipinski definition) is 6. The Bertz CT molecular complexity index is 883. The molecule has 0 saturated heterocycles. The van der Waals surface area contributed by atoms with Crippen LogP contribution in [0, 0.1) is 5.82 Å². The van der Waals surface area contributed by atoms with E-state index in [1.807, 2.05) is 6.07 Å². The number of halogens is 1. The lowest BCUT2D eigenvalue weighted by atomic mass is 10.1. The van der Waals surface area contributed by atoms with Crippen molar-refractivity contribution in [3.8, 4) is 0 Å². The molecule has 0 aliphatic carbocycles. The first kappa shape index (κ1) is 16.5. The summed E-state index contributed by atoms with van der Waals surface area (Å²) in [6.07, 6.45) is 1.50. The van der Waals surface area contributed by atoms with E-state index < -0.39 is 0 Å². The summed E-state index contributed by atoms with van der Waals surface area (Å²) in [7, 11) is 0. The van der Waals surface area contributed by atoms with Crippen molar-refractivity contribution in [2.24, 2.45) is 0 Å². The highest BCUT2D eigenvalue weighted by molar-refractivity contribution is 5.95. The molecule has 0 unspecified atom stereocenters. The van der Waals surface area contributed by atoms with Crippen LogP contribution in [0.2, 0.25) is 0 Å². The summed E-state index contributed by atoms with van der Waals surface area (Å²) in [5, 5.41) is 14.0. The van der Waals surface area contributed by atoms with Crippen molar-refractivity contribution in [3.05, 3.63) is 71.7 Å². The average molecular weight is 337 g/mol. The van der Waals surface area contributed by atoms with Gasteiger partial charge in [-0.25, -0.2) is 4.39 Å². The van der Waals surface area contributed by atoms with E-state index in [4.69, 9.17) is 0 Å². The van der Waals surface area contributed by atoms with Gasteiger partial charge in [-0.2, -0.15) is 10.1 Å². The Labute approximate surface area is 144 Å². The monoisotopic (exact) mass is 337 g/mol. The molecular weight excluding hydrogens is 321 g/mol. The lowest BCUT2D eigenvalue weighted by molar-refractivity contribution is 0.101. The van der Waals surface area contributed by atoms with Gasteiger partial charge in [-0.15, -0.1) is 5.10 Å². The summed E-state index contributed by atoms with van der Waals surface area (Å²) in [5.74, 6) is 0.554. The second kappa shape index (κ2) is 7.48. The standard InChI is InChI=1S/C18H16FN5O/c1-12(25)14-3-2-4-16(9-14)22-18-23-17(11-21-24-18)20-10-13-5-7-15(19)8-6-13/h2-9,11H,10H2,1H3,(H2,20,22,23,24). The predicted octanol–water partition coefficient (Wildman–Crippen LogP) is 3.57. The van der Waals surface area contributed by atoms with Gasteiger partial charge in [-0.05, 0) is 36.8 Å². The first-order valence-electron chi connectivity index (χ1n) is 7.66.